The summed E-state index contributed by atoms with van der Waals surface area (Å²) in [6.07, 6.45) is -2.61. The van der Waals surface area contributed by atoms with Crippen LogP contribution in [0.4, 0.5) is 8.78 Å². The second kappa shape index (κ2) is 3.57. The first-order valence-electron chi connectivity index (χ1n) is 4.07. The number of hydrogen-bond acceptors (Lipinski definition) is 2. The van der Waals surface area contributed by atoms with Crippen molar-refractivity contribution in [2.24, 2.45) is 0 Å². The predicted octanol–water partition coefficient (Wildman–Crippen LogP) is 3.28. The molecule has 0 spiro atoms. The van der Waals surface area contributed by atoms with Crippen LogP contribution >= 0.6 is 0 Å². The van der Waals surface area contributed by atoms with Crippen LogP contribution in [0.2, 0.25) is 0 Å². The maximum Gasteiger partial charge on any atom is 0.298 e. The zero-order valence-corrected chi connectivity index (χ0v) is 7.15. The smallest absolute Gasteiger partial charge is 0.298 e. The molecule has 0 amide bonds. The van der Waals surface area contributed by atoms with Crippen LogP contribution < -0.4 is 0 Å². The Bertz CT molecular complexity index is 411. The summed E-state index contributed by atoms with van der Waals surface area (Å²) in [6, 6.07) is 10.3. The Labute approximate surface area is 79.1 Å². The predicted molar refractivity (Wildman–Crippen MR) is 46.9 cm³/mol. The normalized spacial score (nSPS) is 10.8. The molecule has 0 aliphatic heterocycles. The lowest BCUT2D eigenvalue weighted by molar-refractivity contribution is 0.112. The molecule has 0 saturated heterocycles. The van der Waals surface area contributed by atoms with E-state index >= 15 is 0 Å². The van der Waals surface area contributed by atoms with Gasteiger partial charge in [-0.15, -0.1) is 0 Å². The molecule has 0 aliphatic carbocycles. The second-order valence-electron chi connectivity index (χ2n) is 2.78. The van der Waals surface area contributed by atoms with Crippen molar-refractivity contribution in [3.8, 4) is 11.3 Å². The molecule has 2 rings (SSSR count). The van der Waals surface area contributed by atoms with Gasteiger partial charge in [0.05, 0.1) is 0 Å². The van der Waals surface area contributed by atoms with Crippen LogP contribution in [0.5, 0.6) is 0 Å². The van der Waals surface area contributed by atoms with E-state index in [4.69, 9.17) is 0 Å². The molecular weight excluding hydrogens is 188 g/mol. The largest absolute Gasteiger partial charge is 0.355 e. The zero-order valence-electron chi connectivity index (χ0n) is 7.15. The van der Waals surface area contributed by atoms with Crippen molar-refractivity contribution in [3.05, 3.63) is 42.2 Å². The van der Waals surface area contributed by atoms with E-state index in [0.29, 0.717) is 5.69 Å². The molecule has 1 heterocycles. The number of hydrogen-bond donors (Lipinski definition) is 0. The molecule has 0 bridgehead atoms. The molecule has 0 fully saturated rings. The number of rotatable bonds is 2. The fourth-order valence-electron chi connectivity index (χ4n) is 1.14. The average Bonchev–Trinajstić information content (AvgIpc) is 2.68. The quantitative estimate of drug-likeness (QED) is 0.734. The van der Waals surface area contributed by atoms with Gasteiger partial charge in [-0.1, -0.05) is 35.5 Å². The van der Waals surface area contributed by atoms with Crippen LogP contribution in [-0.2, 0) is 0 Å². The first-order chi connectivity index (χ1) is 6.77. The summed E-state index contributed by atoms with van der Waals surface area (Å²) in [5, 5.41) is 3.55. The molecule has 2 aromatic rings. The standard InChI is InChI=1S/C10H7F2NO/c11-10(12)9-6-8(13-14-9)7-4-2-1-3-5-7/h1-6,10H. The van der Waals surface area contributed by atoms with E-state index in [1.807, 2.05) is 18.2 Å². The molecule has 0 saturated carbocycles. The molecule has 4 heteroatoms. The lowest BCUT2D eigenvalue weighted by Gasteiger charge is -1.91. The van der Waals surface area contributed by atoms with E-state index in [-0.39, 0.29) is 0 Å². The highest BCUT2D eigenvalue weighted by molar-refractivity contribution is 5.58. The lowest BCUT2D eigenvalue weighted by Crippen LogP contribution is -1.76. The Morgan fingerprint density at radius 3 is 2.43 bits per heavy atom. The molecule has 72 valence electrons. The van der Waals surface area contributed by atoms with Gasteiger partial charge in [0.2, 0.25) is 5.76 Å². The minimum Gasteiger partial charge on any atom is -0.355 e. The Morgan fingerprint density at radius 2 is 1.86 bits per heavy atom. The lowest BCUT2D eigenvalue weighted by atomic mass is 10.1. The van der Waals surface area contributed by atoms with E-state index < -0.39 is 12.2 Å². The third-order valence-electron chi connectivity index (χ3n) is 1.81. The van der Waals surface area contributed by atoms with E-state index in [1.165, 1.54) is 6.07 Å². The molecule has 14 heavy (non-hydrogen) atoms. The molecule has 0 aliphatic rings. The van der Waals surface area contributed by atoms with Gasteiger partial charge in [-0.05, 0) is 0 Å². The third kappa shape index (κ3) is 1.64. The van der Waals surface area contributed by atoms with Gasteiger partial charge < -0.3 is 4.52 Å². The van der Waals surface area contributed by atoms with E-state index in [9.17, 15) is 8.78 Å². The minimum atomic E-state index is -2.61. The maximum atomic E-state index is 12.2. The first-order valence-corrected chi connectivity index (χ1v) is 4.07. The van der Waals surface area contributed by atoms with Crippen LogP contribution in [0.1, 0.15) is 12.2 Å². The number of aromatic nitrogens is 1. The van der Waals surface area contributed by atoms with Crippen molar-refractivity contribution in [1.82, 2.24) is 5.16 Å². The molecule has 1 aromatic carbocycles. The molecule has 1 aromatic heterocycles. The first kappa shape index (κ1) is 8.87. The maximum absolute atomic E-state index is 12.2. The van der Waals surface area contributed by atoms with E-state index in [1.54, 1.807) is 12.1 Å². The Hall–Kier alpha value is -1.71. The summed E-state index contributed by atoms with van der Waals surface area (Å²) in [4.78, 5) is 0. The fraction of sp³-hybridized carbons (Fsp3) is 0.100. The Kier molecular flexibility index (Phi) is 2.26. The van der Waals surface area contributed by atoms with Crippen molar-refractivity contribution < 1.29 is 13.3 Å². The molecule has 0 N–H and O–H groups in total. The molecule has 0 atom stereocenters. The second-order valence-corrected chi connectivity index (χ2v) is 2.78. The number of nitrogens with zero attached hydrogens (tertiary/aromatic N) is 1. The highest BCUT2D eigenvalue weighted by Crippen LogP contribution is 2.24. The minimum absolute atomic E-state index is 0.399. The van der Waals surface area contributed by atoms with Crippen molar-refractivity contribution in [3.63, 3.8) is 0 Å². The van der Waals surface area contributed by atoms with Crippen LogP contribution in [0.3, 0.4) is 0 Å². The molecular formula is C10H7F2NO. The van der Waals surface area contributed by atoms with Crippen molar-refractivity contribution in [1.29, 1.82) is 0 Å². The summed E-state index contributed by atoms with van der Waals surface area (Å²) in [5.74, 6) is -0.399. The van der Waals surface area contributed by atoms with Crippen LogP contribution in [-0.4, -0.2) is 5.16 Å². The SMILES string of the molecule is FC(F)c1cc(-c2ccccc2)no1. The van der Waals surface area contributed by atoms with Crippen LogP contribution in [0.15, 0.2) is 40.9 Å². The summed E-state index contributed by atoms with van der Waals surface area (Å²) in [7, 11) is 0. The fourth-order valence-corrected chi connectivity index (χ4v) is 1.14. The van der Waals surface area contributed by atoms with Crippen molar-refractivity contribution in [2.75, 3.05) is 0 Å². The summed E-state index contributed by atoms with van der Waals surface area (Å²) < 4.78 is 28.8. The van der Waals surface area contributed by atoms with Crippen LogP contribution in [0, 0.1) is 0 Å². The number of halogens is 2. The van der Waals surface area contributed by atoms with Gasteiger partial charge in [0.25, 0.3) is 6.43 Å². The Balaban J connectivity index is 2.34. The third-order valence-corrected chi connectivity index (χ3v) is 1.81. The van der Waals surface area contributed by atoms with E-state index in [0.717, 1.165) is 5.56 Å². The molecule has 0 radical (unpaired) electrons. The monoisotopic (exact) mass is 195 g/mol. The van der Waals surface area contributed by atoms with Crippen molar-refractivity contribution in [2.45, 2.75) is 6.43 Å². The van der Waals surface area contributed by atoms with Gasteiger partial charge >= 0.3 is 0 Å². The van der Waals surface area contributed by atoms with Gasteiger partial charge in [0.15, 0.2) is 0 Å². The topological polar surface area (TPSA) is 26.0 Å². The summed E-state index contributed by atoms with van der Waals surface area (Å²) >= 11 is 0. The van der Waals surface area contributed by atoms with Gasteiger partial charge in [-0.3, -0.25) is 0 Å². The van der Waals surface area contributed by atoms with Gasteiger partial charge in [0, 0.05) is 11.6 Å². The molecule has 2 nitrogen and oxygen atoms in total. The zero-order chi connectivity index (χ0) is 9.97. The van der Waals surface area contributed by atoms with Gasteiger partial charge in [-0.2, -0.15) is 0 Å². The Morgan fingerprint density at radius 1 is 1.14 bits per heavy atom. The van der Waals surface area contributed by atoms with Crippen LogP contribution in [0.25, 0.3) is 11.3 Å². The van der Waals surface area contributed by atoms with Crippen molar-refractivity contribution >= 4 is 0 Å². The molecule has 0 unspecified atom stereocenters. The highest BCUT2D eigenvalue weighted by Gasteiger charge is 2.14. The number of benzene rings is 1. The number of alkyl halides is 2. The average molecular weight is 195 g/mol. The summed E-state index contributed by atoms with van der Waals surface area (Å²) in [6.45, 7) is 0. The highest BCUT2D eigenvalue weighted by atomic mass is 19.3. The summed E-state index contributed by atoms with van der Waals surface area (Å²) in [5.41, 5.74) is 1.20. The van der Waals surface area contributed by atoms with Gasteiger partial charge in [0.1, 0.15) is 5.69 Å². The van der Waals surface area contributed by atoms with E-state index in [2.05, 4.69) is 9.68 Å². The van der Waals surface area contributed by atoms with Gasteiger partial charge in [-0.25, -0.2) is 8.78 Å².